The number of nitrogens with one attached hydrogen (secondary N) is 2. The van der Waals surface area contributed by atoms with Gasteiger partial charge in [-0.15, -0.1) is 0 Å². The molecule has 0 aliphatic carbocycles. The summed E-state index contributed by atoms with van der Waals surface area (Å²) in [5.41, 5.74) is 0. The number of carboxylic acids is 1. The first-order chi connectivity index (χ1) is 29.3. The number of hydrogen-bond donors (Lipinski definition) is 4. The molecule has 9 heteroatoms. The summed E-state index contributed by atoms with van der Waals surface area (Å²) >= 11 is 0. The average Bonchev–Trinajstić information content (AvgIpc) is 3.23. The fraction of sp³-hybridized carbons (Fsp3) is 0.804. The van der Waals surface area contributed by atoms with Gasteiger partial charge in [-0.05, 0) is 77.0 Å². The molecule has 0 heterocycles. The molecule has 0 aromatic heterocycles. The highest BCUT2D eigenvalue weighted by molar-refractivity contribution is 5.87. The number of amides is 2. The van der Waals surface area contributed by atoms with Crippen LogP contribution in [0.25, 0.3) is 0 Å². The van der Waals surface area contributed by atoms with Crippen LogP contribution in [-0.4, -0.2) is 59.3 Å². The van der Waals surface area contributed by atoms with Crippen molar-refractivity contribution in [1.82, 2.24) is 10.6 Å². The fourth-order valence-electron chi connectivity index (χ4n) is 7.31. The number of unbranched alkanes of at least 4 members (excludes halogenated alkanes) is 25. The van der Waals surface area contributed by atoms with Crippen molar-refractivity contribution in [1.29, 1.82) is 0 Å². The van der Waals surface area contributed by atoms with Crippen LogP contribution in [-0.2, 0) is 23.9 Å². The molecule has 0 aliphatic heterocycles. The van der Waals surface area contributed by atoms with Crippen LogP contribution in [0.2, 0.25) is 0 Å². The van der Waals surface area contributed by atoms with E-state index in [1.165, 1.54) is 135 Å². The molecular weight excluding hydrogens is 753 g/mol. The number of aliphatic carboxylic acids is 1. The smallest absolute Gasteiger partial charge is 0.328 e. The summed E-state index contributed by atoms with van der Waals surface area (Å²) in [5, 5.41) is 22.6. The van der Waals surface area contributed by atoms with Crippen LogP contribution in [0, 0.1) is 0 Å². The number of ether oxygens (including phenoxy) is 1. The van der Waals surface area contributed by atoms with Crippen LogP contribution in [0.3, 0.4) is 0 Å². The Balaban J connectivity index is 4.15. The maximum Gasteiger partial charge on any atom is 0.328 e. The predicted octanol–water partition coefficient (Wildman–Crippen LogP) is 12.9. The van der Waals surface area contributed by atoms with E-state index >= 15 is 0 Å². The lowest BCUT2D eigenvalue weighted by Crippen LogP contribution is -2.47. The fourth-order valence-corrected chi connectivity index (χ4v) is 7.31. The van der Waals surface area contributed by atoms with Crippen molar-refractivity contribution < 1.29 is 34.1 Å². The summed E-state index contributed by atoms with van der Waals surface area (Å²) < 4.78 is 6.04. The number of carbonyl (C=O) groups excluding carboxylic acids is 3. The summed E-state index contributed by atoms with van der Waals surface area (Å²) in [6.07, 6.45) is 53.2. The first-order valence-electron chi connectivity index (χ1n) is 24.9. The Morgan fingerprint density at radius 3 is 1.35 bits per heavy atom. The SMILES string of the molecule is CCCCCCC/C=C\C/C=C\C/C=C\CCCCCCCCCCC(=O)OC(CCCCCCCCCCC)CCCCCCCC(=O)NCC(=O)NC(CO)C(=O)O. The number of allylic oxidation sites excluding steroid dienone is 6. The van der Waals surface area contributed by atoms with Crippen LogP contribution in [0.5, 0.6) is 0 Å². The molecule has 2 unspecified atom stereocenters. The van der Waals surface area contributed by atoms with Crippen molar-refractivity contribution in [3.63, 3.8) is 0 Å². The molecule has 60 heavy (non-hydrogen) atoms. The van der Waals surface area contributed by atoms with Gasteiger partial charge in [-0.1, -0.05) is 185 Å². The van der Waals surface area contributed by atoms with Gasteiger partial charge in [0.05, 0.1) is 13.2 Å². The van der Waals surface area contributed by atoms with Crippen molar-refractivity contribution in [2.75, 3.05) is 13.2 Å². The van der Waals surface area contributed by atoms with E-state index in [1.807, 2.05) is 0 Å². The zero-order valence-corrected chi connectivity index (χ0v) is 38.7. The Morgan fingerprint density at radius 2 is 0.900 bits per heavy atom. The van der Waals surface area contributed by atoms with E-state index in [9.17, 15) is 19.2 Å². The standard InChI is InChI=1S/C51H92N2O7/c1-3-5-7-9-11-13-14-15-16-17-18-19-20-21-22-23-24-25-26-28-30-35-39-43-50(57)60-46(40-36-32-29-27-12-10-8-6-4-2)41-37-33-31-34-38-42-48(55)52-44-49(56)53-47(45-54)51(58)59/h14-15,17-18,20-21,46-47,54H,3-13,16,19,22-45H2,1-2H3,(H,52,55)(H,53,56)(H,58,59)/b15-14-,18-17-,21-20-. The second-order valence-corrected chi connectivity index (χ2v) is 16.9. The highest BCUT2D eigenvalue weighted by atomic mass is 16.5. The predicted molar refractivity (Wildman–Crippen MR) is 250 cm³/mol. The van der Waals surface area contributed by atoms with Crippen LogP contribution >= 0.6 is 0 Å². The summed E-state index contributed by atoms with van der Waals surface area (Å²) in [7, 11) is 0. The lowest BCUT2D eigenvalue weighted by Gasteiger charge is -2.18. The van der Waals surface area contributed by atoms with Crippen LogP contribution < -0.4 is 10.6 Å². The van der Waals surface area contributed by atoms with Crippen molar-refractivity contribution in [3.05, 3.63) is 36.5 Å². The maximum atomic E-state index is 12.8. The molecule has 348 valence electrons. The molecule has 2 atom stereocenters. The molecule has 9 nitrogen and oxygen atoms in total. The molecule has 0 spiro atoms. The molecule has 0 aliphatic rings. The maximum absolute atomic E-state index is 12.8. The number of carbonyl (C=O) groups is 4. The summed E-state index contributed by atoms with van der Waals surface area (Å²) in [4.78, 5) is 47.7. The number of rotatable bonds is 45. The molecule has 0 aromatic carbocycles. The molecular formula is C51H92N2O7. The van der Waals surface area contributed by atoms with Gasteiger partial charge < -0.3 is 25.6 Å². The highest BCUT2D eigenvalue weighted by Gasteiger charge is 2.19. The van der Waals surface area contributed by atoms with E-state index in [4.69, 9.17) is 14.9 Å². The molecule has 0 bridgehead atoms. The van der Waals surface area contributed by atoms with E-state index in [-0.39, 0.29) is 24.5 Å². The molecule has 2 amide bonds. The minimum atomic E-state index is -1.38. The van der Waals surface area contributed by atoms with E-state index in [0.717, 1.165) is 70.6 Å². The molecule has 0 aromatic rings. The Bertz CT molecular complexity index is 1110. The third-order valence-electron chi connectivity index (χ3n) is 11.1. The molecule has 0 saturated heterocycles. The van der Waals surface area contributed by atoms with Crippen molar-refractivity contribution in [3.8, 4) is 0 Å². The number of aliphatic hydroxyl groups is 1. The van der Waals surface area contributed by atoms with Gasteiger partial charge in [-0.2, -0.15) is 0 Å². The molecule has 0 rings (SSSR count). The average molecular weight is 845 g/mol. The van der Waals surface area contributed by atoms with Gasteiger partial charge in [0, 0.05) is 12.8 Å². The lowest BCUT2D eigenvalue weighted by atomic mass is 10.0. The van der Waals surface area contributed by atoms with Gasteiger partial charge in [0.1, 0.15) is 12.1 Å². The van der Waals surface area contributed by atoms with Gasteiger partial charge in [0.2, 0.25) is 11.8 Å². The topological polar surface area (TPSA) is 142 Å². The Labute approximate surface area is 367 Å². The second kappa shape index (κ2) is 45.6. The first kappa shape index (κ1) is 57.1. The van der Waals surface area contributed by atoms with Crippen LogP contribution in [0.4, 0.5) is 0 Å². The van der Waals surface area contributed by atoms with E-state index in [0.29, 0.717) is 19.3 Å². The summed E-state index contributed by atoms with van der Waals surface area (Å²) in [6, 6.07) is -1.38. The minimum Gasteiger partial charge on any atom is -0.480 e. The zero-order valence-electron chi connectivity index (χ0n) is 38.7. The number of carboxylic acid groups (broad SMARTS) is 1. The highest BCUT2D eigenvalue weighted by Crippen LogP contribution is 2.19. The molecule has 4 N–H and O–H groups in total. The van der Waals surface area contributed by atoms with E-state index in [2.05, 4.69) is 60.9 Å². The minimum absolute atomic E-state index is 0.0150. The Morgan fingerprint density at radius 1 is 0.500 bits per heavy atom. The number of hydrogen-bond acceptors (Lipinski definition) is 6. The van der Waals surface area contributed by atoms with Crippen LogP contribution in [0.15, 0.2) is 36.5 Å². The van der Waals surface area contributed by atoms with Gasteiger partial charge in [-0.25, -0.2) is 4.79 Å². The monoisotopic (exact) mass is 845 g/mol. The summed E-state index contributed by atoms with van der Waals surface area (Å²) in [6.45, 7) is 3.48. The number of esters is 1. The Hall–Kier alpha value is -2.94. The Kier molecular flexibility index (Phi) is 43.4. The van der Waals surface area contributed by atoms with Gasteiger partial charge in [0.25, 0.3) is 0 Å². The number of aliphatic hydroxyl groups excluding tert-OH is 1. The van der Waals surface area contributed by atoms with Gasteiger partial charge in [0.15, 0.2) is 0 Å². The second-order valence-electron chi connectivity index (χ2n) is 16.9. The molecule has 0 radical (unpaired) electrons. The largest absolute Gasteiger partial charge is 0.480 e. The van der Waals surface area contributed by atoms with Crippen molar-refractivity contribution in [2.24, 2.45) is 0 Å². The third-order valence-corrected chi connectivity index (χ3v) is 11.1. The van der Waals surface area contributed by atoms with Crippen molar-refractivity contribution in [2.45, 2.75) is 251 Å². The zero-order chi connectivity index (χ0) is 44.0. The van der Waals surface area contributed by atoms with Crippen LogP contribution in [0.1, 0.15) is 239 Å². The quantitative estimate of drug-likeness (QED) is 0.0272. The third kappa shape index (κ3) is 41.8. The first-order valence-corrected chi connectivity index (χ1v) is 24.9. The molecule has 0 fully saturated rings. The van der Waals surface area contributed by atoms with E-state index in [1.54, 1.807) is 0 Å². The lowest BCUT2D eigenvalue weighted by molar-refractivity contribution is -0.150. The van der Waals surface area contributed by atoms with Gasteiger partial charge in [-0.3, -0.25) is 14.4 Å². The van der Waals surface area contributed by atoms with Crippen molar-refractivity contribution >= 4 is 23.8 Å². The van der Waals surface area contributed by atoms with E-state index < -0.39 is 24.5 Å². The van der Waals surface area contributed by atoms with Gasteiger partial charge >= 0.3 is 11.9 Å². The summed E-state index contributed by atoms with van der Waals surface area (Å²) in [5.74, 6) is -2.29. The molecule has 0 saturated carbocycles. The normalized spacial score (nSPS) is 12.7.